The highest BCUT2D eigenvalue weighted by molar-refractivity contribution is 5.32. The van der Waals surface area contributed by atoms with Crippen LogP contribution >= 0.6 is 0 Å². The smallest absolute Gasteiger partial charge is 0.118 e. The third-order valence-corrected chi connectivity index (χ3v) is 2.66. The molecule has 17 heavy (non-hydrogen) atoms. The second kappa shape index (κ2) is 5.22. The number of hydrogen-bond donors (Lipinski definition) is 0. The lowest BCUT2D eigenvalue weighted by atomic mass is 9.96. The van der Waals surface area contributed by atoms with Crippen LogP contribution in [0.5, 0.6) is 5.75 Å². The van der Waals surface area contributed by atoms with Gasteiger partial charge < -0.3 is 9.15 Å². The number of hydrogen-bond acceptors (Lipinski definition) is 3. The average molecular weight is 227 g/mol. The summed E-state index contributed by atoms with van der Waals surface area (Å²) in [7, 11) is 1.62. The predicted molar refractivity (Wildman–Crippen MR) is 63.8 cm³/mol. The summed E-state index contributed by atoms with van der Waals surface area (Å²) < 4.78 is 10.3. The van der Waals surface area contributed by atoms with Gasteiger partial charge in [-0.2, -0.15) is 5.26 Å². The fourth-order valence-electron chi connectivity index (χ4n) is 1.70. The van der Waals surface area contributed by atoms with Gasteiger partial charge in [0.25, 0.3) is 0 Å². The van der Waals surface area contributed by atoms with Crippen molar-refractivity contribution in [3.05, 3.63) is 54.0 Å². The first-order valence-corrected chi connectivity index (χ1v) is 5.39. The Morgan fingerprint density at radius 1 is 1.29 bits per heavy atom. The molecule has 3 heteroatoms. The van der Waals surface area contributed by atoms with Crippen LogP contribution in [-0.4, -0.2) is 7.11 Å². The van der Waals surface area contributed by atoms with Crippen LogP contribution in [0.2, 0.25) is 0 Å². The average Bonchev–Trinajstić information content (AvgIpc) is 2.89. The van der Waals surface area contributed by atoms with E-state index in [4.69, 9.17) is 9.15 Å². The van der Waals surface area contributed by atoms with Gasteiger partial charge in [-0.1, -0.05) is 12.1 Å². The summed E-state index contributed by atoms with van der Waals surface area (Å²) >= 11 is 0. The molecule has 1 unspecified atom stereocenters. The van der Waals surface area contributed by atoms with Crippen LogP contribution in [0.15, 0.2) is 47.1 Å². The van der Waals surface area contributed by atoms with Crippen molar-refractivity contribution in [3.63, 3.8) is 0 Å². The molecule has 2 rings (SSSR count). The third-order valence-electron chi connectivity index (χ3n) is 2.66. The second-order valence-corrected chi connectivity index (χ2v) is 3.74. The number of benzene rings is 1. The van der Waals surface area contributed by atoms with E-state index >= 15 is 0 Å². The van der Waals surface area contributed by atoms with Gasteiger partial charge in [0, 0.05) is 6.42 Å². The molecule has 0 radical (unpaired) electrons. The normalized spacial score (nSPS) is 11.8. The minimum atomic E-state index is -0.188. The summed E-state index contributed by atoms with van der Waals surface area (Å²) in [5.41, 5.74) is 0.977. The first kappa shape index (κ1) is 11.3. The second-order valence-electron chi connectivity index (χ2n) is 3.74. The Hall–Kier alpha value is -2.21. The summed E-state index contributed by atoms with van der Waals surface area (Å²) in [6.45, 7) is 0. The van der Waals surface area contributed by atoms with Gasteiger partial charge in [-0.05, 0) is 29.8 Å². The number of methoxy groups -OCH3 is 1. The largest absolute Gasteiger partial charge is 0.497 e. The molecule has 0 N–H and O–H groups in total. The van der Waals surface area contributed by atoms with Crippen LogP contribution in [0.25, 0.3) is 0 Å². The minimum Gasteiger partial charge on any atom is -0.497 e. The van der Waals surface area contributed by atoms with Crippen molar-refractivity contribution in [2.24, 2.45) is 0 Å². The van der Waals surface area contributed by atoms with Crippen molar-refractivity contribution >= 4 is 0 Å². The molecule has 0 spiro atoms. The molecule has 1 heterocycles. The van der Waals surface area contributed by atoms with E-state index in [9.17, 15) is 5.26 Å². The number of nitriles is 1. The van der Waals surface area contributed by atoms with Crippen LogP contribution < -0.4 is 4.74 Å². The number of nitrogens with zero attached hydrogens (tertiary/aromatic N) is 1. The van der Waals surface area contributed by atoms with Gasteiger partial charge in [0.1, 0.15) is 11.5 Å². The molecule has 0 bridgehead atoms. The predicted octanol–water partition coefficient (Wildman–Crippen LogP) is 3.14. The molecule has 1 aromatic carbocycles. The molecule has 0 fully saturated rings. The van der Waals surface area contributed by atoms with Crippen molar-refractivity contribution in [1.29, 1.82) is 5.26 Å². The molecule has 1 aromatic heterocycles. The Kier molecular flexibility index (Phi) is 3.46. The molecule has 0 aliphatic heterocycles. The van der Waals surface area contributed by atoms with E-state index < -0.39 is 0 Å². The van der Waals surface area contributed by atoms with Crippen LogP contribution in [0.4, 0.5) is 0 Å². The molecule has 0 saturated heterocycles. The van der Waals surface area contributed by atoms with E-state index in [1.165, 1.54) is 0 Å². The Labute approximate surface area is 100 Å². The van der Waals surface area contributed by atoms with Gasteiger partial charge in [-0.15, -0.1) is 0 Å². The van der Waals surface area contributed by atoms with Crippen LogP contribution in [-0.2, 0) is 6.42 Å². The van der Waals surface area contributed by atoms with E-state index in [0.29, 0.717) is 6.42 Å². The van der Waals surface area contributed by atoms with Crippen molar-refractivity contribution in [2.75, 3.05) is 7.11 Å². The maximum absolute atomic E-state index is 9.18. The standard InChI is InChI=1S/C14H13NO2/c1-16-13-6-4-11(5-7-13)12(10-15)9-14-3-2-8-17-14/h2-8,12H,9H2,1H3. The lowest BCUT2D eigenvalue weighted by molar-refractivity contribution is 0.414. The summed E-state index contributed by atoms with van der Waals surface area (Å²) in [5.74, 6) is 1.43. The zero-order chi connectivity index (χ0) is 12.1. The molecule has 0 aliphatic carbocycles. The van der Waals surface area contributed by atoms with Crippen molar-refractivity contribution < 1.29 is 9.15 Å². The van der Waals surface area contributed by atoms with Gasteiger partial charge in [-0.3, -0.25) is 0 Å². The quantitative estimate of drug-likeness (QED) is 0.806. The molecule has 0 aliphatic rings. The molecule has 1 atom stereocenters. The summed E-state index contributed by atoms with van der Waals surface area (Å²) in [6, 6.07) is 13.6. The maximum atomic E-state index is 9.18. The topological polar surface area (TPSA) is 46.2 Å². The zero-order valence-electron chi connectivity index (χ0n) is 9.59. The SMILES string of the molecule is COc1ccc(C(C#N)Cc2ccco2)cc1. The van der Waals surface area contributed by atoms with E-state index in [0.717, 1.165) is 17.1 Å². The van der Waals surface area contributed by atoms with E-state index in [-0.39, 0.29) is 5.92 Å². The monoisotopic (exact) mass is 227 g/mol. The van der Waals surface area contributed by atoms with Crippen molar-refractivity contribution in [3.8, 4) is 11.8 Å². The van der Waals surface area contributed by atoms with Crippen molar-refractivity contribution in [2.45, 2.75) is 12.3 Å². The maximum Gasteiger partial charge on any atom is 0.118 e. The Bertz CT molecular complexity index is 494. The fraction of sp³-hybridized carbons (Fsp3) is 0.214. The van der Waals surface area contributed by atoms with Gasteiger partial charge in [-0.25, -0.2) is 0 Å². The fourth-order valence-corrected chi connectivity index (χ4v) is 1.70. The molecule has 0 saturated carbocycles. The Morgan fingerprint density at radius 2 is 2.06 bits per heavy atom. The van der Waals surface area contributed by atoms with Gasteiger partial charge >= 0.3 is 0 Å². The first-order chi connectivity index (χ1) is 8.33. The number of rotatable bonds is 4. The van der Waals surface area contributed by atoms with E-state index in [1.54, 1.807) is 13.4 Å². The highest BCUT2D eigenvalue weighted by atomic mass is 16.5. The summed E-state index contributed by atoms with van der Waals surface area (Å²) in [4.78, 5) is 0. The molecular formula is C14H13NO2. The minimum absolute atomic E-state index is 0.188. The lowest BCUT2D eigenvalue weighted by Gasteiger charge is -2.08. The van der Waals surface area contributed by atoms with E-state index in [1.807, 2.05) is 36.4 Å². The summed E-state index contributed by atoms with van der Waals surface area (Å²) in [6.07, 6.45) is 2.22. The number of ether oxygens (including phenoxy) is 1. The molecule has 3 nitrogen and oxygen atoms in total. The van der Waals surface area contributed by atoms with E-state index in [2.05, 4.69) is 6.07 Å². The molecule has 2 aromatic rings. The lowest BCUT2D eigenvalue weighted by Crippen LogP contribution is -1.99. The van der Waals surface area contributed by atoms with Crippen LogP contribution in [0, 0.1) is 11.3 Å². The van der Waals surface area contributed by atoms with Crippen LogP contribution in [0.1, 0.15) is 17.2 Å². The zero-order valence-corrected chi connectivity index (χ0v) is 9.59. The van der Waals surface area contributed by atoms with Gasteiger partial charge in [0.2, 0.25) is 0 Å². The first-order valence-electron chi connectivity index (χ1n) is 5.39. The van der Waals surface area contributed by atoms with Crippen LogP contribution in [0.3, 0.4) is 0 Å². The highest BCUT2D eigenvalue weighted by Gasteiger charge is 2.13. The molecule has 0 amide bonds. The Morgan fingerprint density at radius 3 is 2.59 bits per heavy atom. The van der Waals surface area contributed by atoms with Crippen molar-refractivity contribution in [1.82, 2.24) is 0 Å². The number of furan rings is 1. The third kappa shape index (κ3) is 2.67. The van der Waals surface area contributed by atoms with Gasteiger partial charge in [0.15, 0.2) is 0 Å². The molecule has 86 valence electrons. The summed E-state index contributed by atoms with van der Waals surface area (Å²) in [5, 5.41) is 9.18. The Balaban J connectivity index is 2.15. The molecular weight excluding hydrogens is 214 g/mol. The highest BCUT2D eigenvalue weighted by Crippen LogP contribution is 2.22. The van der Waals surface area contributed by atoms with Gasteiger partial charge in [0.05, 0.1) is 25.4 Å².